The van der Waals surface area contributed by atoms with Crippen LogP contribution in [-0.2, 0) is 29.5 Å². The molecule has 2 aromatic carbocycles. The highest BCUT2D eigenvalue weighted by Gasteiger charge is 2.44. The molecule has 3 amide bonds. The third-order valence-corrected chi connectivity index (χ3v) is 20.5. The van der Waals surface area contributed by atoms with Crippen molar-refractivity contribution in [2.75, 3.05) is 107 Å². The minimum Gasteiger partial charge on any atom is -0.492 e. The molecule has 6 aromatic rings. The number of sulfone groups is 1. The van der Waals surface area contributed by atoms with Crippen LogP contribution in [0.25, 0.3) is 10.9 Å². The SMILES string of the molecule is Cc1nn(C(=O)OC(C)(C)C)c(Nc2ncnc3cc(OCCCN4CCN(C(=O)c5cnc(N6CCN(CC7CN(C(=O)OC(C)(C)C)C(C)CN7CC(=O)N7CC(C)(C)c8ncc(C(O)c9ccc(F)cc9)cc87)[C@H](C)C6)nc5)CC4)c(S(=O)(=O)C(C)(C)C)cc23)c1C. The predicted octanol–water partition coefficient (Wildman–Crippen LogP) is 8.32. The van der Waals surface area contributed by atoms with Gasteiger partial charge in [0.15, 0.2) is 9.84 Å². The lowest BCUT2D eigenvalue weighted by molar-refractivity contribution is -0.121. The Balaban J connectivity index is 0.736. The van der Waals surface area contributed by atoms with E-state index in [0.29, 0.717) is 141 Å². The number of aryl methyl sites for hydroxylation is 1. The molecular formula is C68H92FN15O10S. The largest absolute Gasteiger partial charge is 0.492 e. The van der Waals surface area contributed by atoms with Crippen LogP contribution in [-0.4, -0.2) is 222 Å². The molecular weight excluding hydrogens is 1240 g/mol. The highest BCUT2D eigenvalue weighted by Crippen LogP contribution is 2.42. The second-order valence-corrected chi connectivity index (χ2v) is 31.8. The molecule has 2 N–H and O–H groups in total. The second kappa shape index (κ2) is 27.3. The number of aliphatic hydroxyl groups is 1. The van der Waals surface area contributed by atoms with E-state index < -0.39 is 55.3 Å². The monoisotopic (exact) mass is 1330 g/mol. The van der Waals surface area contributed by atoms with Crippen molar-refractivity contribution in [3.05, 3.63) is 107 Å². The van der Waals surface area contributed by atoms with Crippen LogP contribution >= 0.6 is 0 Å². The maximum absolute atomic E-state index is 14.7. The summed E-state index contributed by atoms with van der Waals surface area (Å²) in [5.74, 6) is 0.564. The average molecular weight is 1330 g/mol. The molecule has 4 atom stereocenters. The topological polar surface area (TPSA) is 267 Å². The Bertz CT molecular complexity index is 3940. The molecule has 512 valence electrons. The van der Waals surface area contributed by atoms with Gasteiger partial charge < -0.3 is 44.2 Å². The summed E-state index contributed by atoms with van der Waals surface area (Å²) < 4.78 is 60.1. The molecule has 27 heteroatoms. The van der Waals surface area contributed by atoms with Crippen molar-refractivity contribution in [1.82, 2.24) is 59.2 Å². The Labute approximate surface area is 556 Å². The first-order chi connectivity index (χ1) is 44.5. The van der Waals surface area contributed by atoms with Crippen LogP contribution in [0.2, 0.25) is 0 Å². The first-order valence-corrected chi connectivity index (χ1v) is 34.1. The quantitative estimate of drug-likeness (QED) is 0.0862. The van der Waals surface area contributed by atoms with E-state index in [1.807, 2.05) is 54.5 Å². The van der Waals surface area contributed by atoms with Gasteiger partial charge in [0.1, 0.15) is 51.7 Å². The van der Waals surface area contributed by atoms with Crippen LogP contribution in [0, 0.1) is 19.7 Å². The van der Waals surface area contributed by atoms with Gasteiger partial charge in [0.05, 0.1) is 46.1 Å². The number of aliphatic hydroxyl groups excluding tert-OH is 1. The maximum Gasteiger partial charge on any atom is 0.437 e. The summed E-state index contributed by atoms with van der Waals surface area (Å²) >= 11 is 0. The van der Waals surface area contributed by atoms with E-state index in [9.17, 15) is 37.1 Å². The van der Waals surface area contributed by atoms with Crippen LogP contribution in [0.4, 0.5) is 37.3 Å². The molecule has 0 aliphatic carbocycles. The number of ether oxygens (including phenoxy) is 3. The molecule has 8 heterocycles. The number of hydrogen-bond donors (Lipinski definition) is 2. The number of piperazine rings is 3. The van der Waals surface area contributed by atoms with Crippen molar-refractivity contribution in [2.45, 2.75) is 161 Å². The second-order valence-electron chi connectivity index (χ2n) is 29.1. The van der Waals surface area contributed by atoms with E-state index in [2.05, 4.69) is 46.9 Å². The number of amides is 3. The van der Waals surface area contributed by atoms with Crippen molar-refractivity contribution in [2.24, 2.45) is 0 Å². The number of pyridine rings is 1. The highest BCUT2D eigenvalue weighted by molar-refractivity contribution is 7.92. The Morgan fingerprint density at radius 3 is 2.11 bits per heavy atom. The van der Waals surface area contributed by atoms with Gasteiger partial charge in [-0.25, -0.2) is 42.3 Å². The molecule has 25 nitrogen and oxygen atoms in total. The van der Waals surface area contributed by atoms with Gasteiger partial charge in [-0.3, -0.25) is 29.3 Å². The summed E-state index contributed by atoms with van der Waals surface area (Å²) in [5, 5.41) is 19.4. The first kappa shape index (κ1) is 69.8. The van der Waals surface area contributed by atoms with E-state index in [0.717, 1.165) is 10.4 Å². The molecule has 95 heavy (non-hydrogen) atoms. The number of fused-ring (bicyclic) bond motifs is 2. The van der Waals surface area contributed by atoms with Crippen LogP contribution in [0.1, 0.15) is 141 Å². The fraction of sp³-hybridized carbons (Fsp3) is 0.559. The molecule has 4 aliphatic rings. The van der Waals surface area contributed by atoms with Gasteiger partial charge >= 0.3 is 12.2 Å². The maximum atomic E-state index is 14.7. The van der Waals surface area contributed by atoms with Crippen molar-refractivity contribution >= 4 is 68.0 Å². The Hall–Kier alpha value is -7.98. The number of anilines is 4. The van der Waals surface area contributed by atoms with E-state index in [4.69, 9.17) is 29.2 Å². The number of aromatic nitrogens is 7. The van der Waals surface area contributed by atoms with E-state index in [1.54, 1.807) is 87.8 Å². The van der Waals surface area contributed by atoms with E-state index in [-0.39, 0.29) is 59.6 Å². The Kier molecular flexibility index (Phi) is 20.0. The normalized spacial score (nSPS) is 19.6. The summed E-state index contributed by atoms with van der Waals surface area (Å²) in [6.07, 6.45) is 4.56. The van der Waals surface area contributed by atoms with E-state index >= 15 is 0 Å². The lowest BCUT2D eigenvalue weighted by atomic mass is 9.90. The van der Waals surface area contributed by atoms with Crippen molar-refractivity contribution in [3.63, 3.8) is 0 Å². The fourth-order valence-corrected chi connectivity index (χ4v) is 13.8. The van der Waals surface area contributed by atoms with Crippen LogP contribution in [0.3, 0.4) is 0 Å². The van der Waals surface area contributed by atoms with Gasteiger partial charge in [0, 0.05) is 143 Å². The Morgan fingerprint density at radius 1 is 0.779 bits per heavy atom. The highest BCUT2D eigenvalue weighted by atomic mass is 32.2. The molecule has 10 rings (SSSR count). The summed E-state index contributed by atoms with van der Waals surface area (Å²) in [5.41, 5.74) is 2.50. The number of halogens is 1. The van der Waals surface area contributed by atoms with Crippen LogP contribution in [0.15, 0.2) is 72.3 Å². The lowest BCUT2D eigenvalue weighted by Gasteiger charge is -2.48. The molecule has 3 fully saturated rings. The average Bonchev–Trinajstić information content (AvgIpc) is 1.75. The van der Waals surface area contributed by atoms with E-state index in [1.165, 1.54) is 36.7 Å². The van der Waals surface area contributed by atoms with Gasteiger partial charge in [-0.05, 0) is 126 Å². The zero-order valence-electron chi connectivity index (χ0n) is 57.4. The zero-order chi connectivity index (χ0) is 68.9. The fourth-order valence-electron chi connectivity index (χ4n) is 12.5. The molecule has 3 saturated heterocycles. The number of carbonyl (C=O) groups excluding carboxylic acids is 4. The summed E-state index contributed by atoms with van der Waals surface area (Å²) in [6, 6.07) is 10.1. The smallest absolute Gasteiger partial charge is 0.437 e. The predicted molar refractivity (Wildman–Crippen MR) is 359 cm³/mol. The minimum absolute atomic E-state index is 0.0185. The summed E-state index contributed by atoms with van der Waals surface area (Å²) in [7, 11) is -3.97. The molecule has 0 saturated carbocycles. The standard InChI is InChI=1S/C68H92FN15O10S/c1-42-35-80(27-26-79(42)37-50-38-82(63(88)93-65(5,6)7)43(2)36-81(50)39-56(85)83-40-68(14,15)58-53(83)29-47(32-70-58)57(86)46-17-19-49(69)20-18-46)62-71-33-48(34-72-62)61(87)78-24-22-77(23-25-78)21-16-28-92-54-31-52-51(30-55(54)95(90,91)67(11,12)13)59(74-41-73-52)75-60-44(3)45(4)76-84(60)64(89)94-66(8,9)10/h17-20,29-34,41-43,50,57,86H,16,21-28,35-40H2,1-15H3,(H,73,74,75)/t42-,43?,50?,57?/m1/s1. The Morgan fingerprint density at radius 2 is 1.45 bits per heavy atom. The molecule has 4 aliphatic heterocycles. The van der Waals surface area contributed by atoms with Gasteiger partial charge in [-0.2, -0.15) is 5.10 Å². The van der Waals surface area contributed by atoms with Crippen molar-refractivity contribution in [3.8, 4) is 5.75 Å². The lowest BCUT2D eigenvalue weighted by Crippen LogP contribution is -2.65. The first-order valence-electron chi connectivity index (χ1n) is 32.6. The number of nitrogens with one attached hydrogen (secondary N) is 1. The molecule has 0 spiro atoms. The van der Waals surface area contributed by atoms with Gasteiger partial charge in [0.2, 0.25) is 11.9 Å². The number of benzene rings is 2. The number of hydrogen-bond acceptors (Lipinski definition) is 21. The van der Waals surface area contributed by atoms with Crippen LogP contribution in [0.5, 0.6) is 5.75 Å². The number of carbonyl (C=O) groups is 4. The molecule has 4 aromatic heterocycles. The number of nitrogens with zero attached hydrogens (tertiary/aromatic N) is 14. The molecule has 3 unspecified atom stereocenters. The van der Waals surface area contributed by atoms with Gasteiger partial charge in [0.25, 0.3) is 5.91 Å². The van der Waals surface area contributed by atoms with Crippen molar-refractivity contribution in [1.29, 1.82) is 0 Å². The summed E-state index contributed by atoms with van der Waals surface area (Å²) in [6.45, 7) is 34.2. The van der Waals surface area contributed by atoms with Crippen LogP contribution < -0.4 is 19.9 Å². The van der Waals surface area contributed by atoms with Gasteiger partial charge in [-0.1, -0.05) is 26.0 Å². The zero-order valence-corrected chi connectivity index (χ0v) is 58.3. The van der Waals surface area contributed by atoms with Crippen molar-refractivity contribution < 1.29 is 51.3 Å². The molecule has 0 radical (unpaired) electrons. The third-order valence-electron chi connectivity index (χ3n) is 18.0. The third kappa shape index (κ3) is 15.6. The summed E-state index contributed by atoms with van der Waals surface area (Å²) in [4.78, 5) is 93.0. The van der Waals surface area contributed by atoms with Gasteiger partial charge in [-0.15, -0.1) is 4.68 Å². The minimum atomic E-state index is -3.97. The number of rotatable bonds is 16. The molecule has 0 bridgehead atoms.